The summed E-state index contributed by atoms with van der Waals surface area (Å²) in [5, 5.41) is 2.62. The first-order valence-electron chi connectivity index (χ1n) is 7.01. The summed E-state index contributed by atoms with van der Waals surface area (Å²) >= 11 is 0. The van der Waals surface area contributed by atoms with Gasteiger partial charge >= 0.3 is 6.18 Å². The second kappa shape index (κ2) is 6.73. The van der Waals surface area contributed by atoms with Crippen molar-refractivity contribution in [2.45, 2.75) is 26.1 Å². The zero-order valence-electron chi connectivity index (χ0n) is 12.6. The summed E-state index contributed by atoms with van der Waals surface area (Å²) in [7, 11) is 0. The number of benzene rings is 2. The van der Waals surface area contributed by atoms with Crippen LogP contribution in [0.2, 0.25) is 0 Å². The normalized spacial score (nSPS) is 11.4. The zero-order valence-corrected chi connectivity index (χ0v) is 12.6. The van der Waals surface area contributed by atoms with Crippen LogP contribution < -0.4 is 10.1 Å². The highest BCUT2D eigenvalue weighted by Gasteiger charge is 2.30. The molecule has 0 radical (unpaired) electrons. The summed E-state index contributed by atoms with van der Waals surface area (Å²) in [5.41, 5.74) is -0.101. The lowest BCUT2D eigenvalue weighted by Crippen LogP contribution is -2.13. The van der Waals surface area contributed by atoms with Crippen molar-refractivity contribution in [3.8, 4) is 5.75 Å². The number of anilines is 1. The number of amides is 1. The van der Waals surface area contributed by atoms with E-state index in [9.17, 15) is 18.0 Å². The number of alkyl halides is 3. The Hall–Kier alpha value is -2.50. The van der Waals surface area contributed by atoms with Crippen LogP contribution in [0, 0.1) is 0 Å². The van der Waals surface area contributed by atoms with Crippen molar-refractivity contribution in [1.82, 2.24) is 0 Å². The fourth-order valence-electron chi connectivity index (χ4n) is 1.90. The van der Waals surface area contributed by atoms with Crippen LogP contribution in [-0.2, 0) is 6.18 Å². The average Bonchev–Trinajstić information content (AvgIpc) is 2.48. The molecule has 0 unspecified atom stereocenters. The van der Waals surface area contributed by atoms with Crippen LogP contribution in [-0.4, -0.2) is 12.0 Å². The van der Waals surface area contributed by atoms with Gasteiger partial charge in [-0.15, -0.1) is 0 Å². The Morgan fingerprint density at radius 2 is 1.57 bits per heavy atom. The highest BCUT2D eigenvalue weighted by atomic mass is 19.4. The first-order valence-corrected chi connectivity index (χ1v) is 7.01. The standard InChI is InChI=1S/C17H16F3NO2/c1-11(2)23-15-9-7-14(8-10-15)21-16(22)12-3-5-13(6-4-12)17(18,19)20/h3-11H,1-2H3,(H,21,22). The second-order valence-electron chi connectivity index (χ2n) is 5.22. The summed E-state index contributed by atoms with van der Waals surface area (Å²) in [6.07, 6.45) is -4.37. The van der Waals surface area contributed by atoms with Crippen molar-refractivity contribution < 1.29 is 22.7 Å². The molecule has 1 N–H and O–H groups in total. The highest BCUT2D eigenvalue weighted by Crippen LogP contribution is 2.29. The maximum atomic E-state index is 12.5. The number of halogens is 3. The van der Waals surface area contributed by atoms with Crippen molar-refractivity contribution in [2.24, 2.45) is 0 Å². The van der Waals surface area contributed by atoms with Gasteiger partial charge in [-0.1, -0.05) is 0 Å². The van der Waals surface area contributed by atoms with E-state index in [-0.39, 0.29) is 11.7 Å². The maximum Gasteiger partial charge on any atom is 0.416 e. The monoisotopic (exact) mass is 323 g/mol. The molecule has 1 amide bonds. The molecule has 0 aliphatic heterocycles. The summed E-state index contributed by atoms with van der Waals surface area (Å²) < 4.78 is 42.9. The Bertz CT molecular complexity index is 662. The lowest BCUT2D eigenvalue weighted by molar-refractivity contribution is -0.137. The van der Waals surface area contributed by atoms with E-state index >= 15 is 0 Å². The molecule has 0 saturated carbocycles. The van der Waals surface area contributed by atoms with E-state index in [4.69, 9.17) is 4.74 Å². The first kappa shape index (κ1) is 16.9. The van der Waals surface area contributed by atoms with Crippen LogP contribution in [0.15, 0.2) is 48.5 Å². The first-order chi connectivity index (χ1) is 10.8. The number of ether oxygens (including phenoxy) is 1. The van der Waals surface area contributed by atoms with Crippen LogP contribution in [0.4, 0.5) is 18.9 Å². The van der Waals surface area contributed by atoms with E-state index in [1.165, 1.54) is 0 Å². The second-order valence-corrected chi connectivity index (χ2v) is 5.22. The fourth-order valence-corrected chi connectivity index (χ4v) is 1.90. The molecule has 0 fully saturated rings. The largest absolute Gasteiger partial charge is 0.491 e. The van der Waals surface area contributed by atoms with Gasteiger partial charge in [-0.25, -0.2) is 0 Å². The van der Waals surface area contributed by atoms with E-state index in [1.54, 1.807) is 24.3 Å². The van der Waals surface area contributed by atoms with Crippen LogP contribution in [0.3, 0.4) is 0 Å². The number of carbonyl (C=O) groups is 1. The zero-order chi connectivity index (χ0) is 17.0. The summed E-state index contributed by atoms with van der Waals surface area (Å²) in [6, 6.07) is 10.8. The molecular weight excluding hydrogens is 307 g/mol. The third kappa shape index (κ3) is 4.74. The van der Waals surface area contributed by atoms with Gasteiger partial charge in [-0.2, -0.15) is 13.2 Å². The van der Waals surface area contributed by atoms with Gasteiger partial charge in [-0.3, -0.25) is 4.79 Å². The van der Waals surface area contributed by atoms with Gasteiger partial charge in [0.15, 0.2) is 0 Å². The van der Waals surface area contributed by atoms with Gasteiger partial charge in [0, 0.05) is 11.3 Å². The van der Waals surface area contributed by atoms with Crippen LogP contribution >= 0.6 is 0 Å². The molecule has 122 valence electrons. The van der Waals surface area contributed by atoms with Crippen molar-refractivity contribution in [2.75, 3.05) is 5.32 Å². The van der Waals surface area contributed by atoms with Crippen molar-refractivity contribution in [1.29, 1.82) is 0 Å². The van der Waals surface area contributed by atoms with E-state index < -0.39 is 17.6 Å². The summed E-state index contributed by atoms with van der Waals surface area (Å²) in [5.74, 6) is 0.198. The lowest BCUT2D eigenvalue weighted by atomic mass is 10.1. The molecule has 3 nitrogen and oxygen atoms in total. The van der Waals surface area contributed by atoms with Crippen molar-refractivity contribution >= 4 is 11.6 Å². The molecule has 6 heteroatoms. The molecule has 0 aliphatic carbocycles. The Labute approximate surface area is 132 Å². The van der Waals surface area contributed by atoms with Crippen molar-refractivity contribution in [3.63, 3.8) is 0 Å². The van der Waals surface area contributed by atoms with Crippen LogP contribution in [0.25, 0.3) is 0 Å². The summed E-state index contributed by atoms with van der Waals surface area (Å²) in [6.45, 7) is 3.81. The van der Waals surface area contributed by atoms with Crippen LogP contribution in [0.1, 0.15) is 29.8 Å². The predicted molar refractivity (Wildman–Crippen MR) is 81.6 cm³/mol. The minimum atomic E-state index is -4.42. The Morgan fingerprint density at radius 3 is 2.04 bits per heavy atom. The Kier molecular flexibility index (Phi) is 4.93. The van der Waals surface area contributed by atoms with E-state index in [0.717, 1.165) is 24.3 Å². The molecule has 0 bridgehead atoms. The molecule has 0 aromatic heterocycles. The lowest BCUT2D eigenvalue weighted by Gasteiger charge is -2.11. The minimum Gasteiger partial charge on any atom is -0.491 e. The molecule has 2 aromatic carbocycles. The smallest absolute Gasteiger partial charge is 0.416 e. The van der Waals surface area contributed by atoms with Crippen LogP contribution in [0.5, 0.6) is 5.75 Å². The number of hydrogen-bond acceptors (Lipinski definition) is 2. The quantitative estimate of drug-likeness (QED) is 0.882. The third-order valence-corrected chi connectivity index (χ3v) is 2.96. The van der Waals surface area contributed by atoms with Crippen molar-refractivity contribution in [3.05, 3.63) is 59.7 Å². The van der Waals surface area contributed by atoms with Gasteiger partial charge in [0.05, 0.1) is 11.7 Å². The van der Waals surface area contributed by atoms with Gasteiger partial charge in [0.1, 0.15) is 5.75 Å². The molecule has 0 spiro atoms. The van der Waals surface area contributed by atoms with E-state index in [1.807, 2.05) is 13.8 Å². The molecule has 0 saturated heterocycles. The van der Waals surface area contributed by atoms with E-state index in [0.29, 0.717) is 11.4 Å². The maximum absolute atomic E-state index is 12.5. The Balaban J connectivity index is 2.04. The minimum absolute atomic E-state index is 0.0441. The predicted octanol–water partition coefficient (Wildman–Crippen LogP) is 4.74. The average molecular weight is 323 g/mol. The van der Waals surface area contributed by atoms with Gasteiger partial charge in [0.2, 0.25) is 0 Å². The summed E-state index contributed by atoms with van der Waals surface area (Å²) in [4.78, 5) is 12.0. The van der Waals surface area contributed by atoms with Gasteiger partial charge in [-0.05, 0) is 62.4 Å². The fraction of sp³-hybridized carbons (Fsp3) is 0.235. The molecular formula is C17H16F3NO2. The van der Waals surface area contributed by atoms with Gasteiger partial charge in [0.25, 0.3) is 5.91 Å². The highest BCUT2D eigenvalue weighted by molar-refractivity contribution is 6.04. The molecule has 0 atom stereocenters. The third-order valence-electron chi connectivity index (χ3n) is 2.96. The van der Waals surface area contributed by atoms with E-state index in [2.05, 4.69) is 5.32 Å². The number of nitrogens with one attached hydrogen (secondary N) is 1. The molecule has 0 aliphatic rings. The number of rotatable bonds is 4. The molecule has 0 heterocycles. The number of hydrogen-bond donors (Lipinski definition) is 1. The molecule has 23 heavy (non-hydrogen) atoms. The van der Waals surface area contributed by atoms with Gasteiger partial charge < -0.3 is 10.1 Å². The topological polar surface area (TPSA) is 38.3 Å². The molecule has 2 rings (SSSR count). The molecule has 2 aromatic rings. The number of carbonyl (C=O) groups excluding carboxylic acids is 1. The Morgan fingerprint density at radius 1 is 1.00 bits per heavy atom. The SMILES string of the molecule is CC(C)Oc1ccc(NC(=O)c2ccc(C(F)(F)F)cc2)cc1.